The van der Waals surface area contributed by atoms with E-state index in [9.17, 15) is 13.2 Å². The fourth-order valence-corrected chi connectivity index (χ4v) is 4.76. The lowest BCUT2D eigenvalue weighted by Crippen LogP contribution is -2.37. The number of sulfonamides is 1. The van der Waals surface area contributed by atoms with Gasteiger partial charge in [0.2, 0.25) is 10.0 Å². The molecule has 3 rings (SSSR count). The SMILES string of the molecule is Cc1ccc(S(=O)(=O)N[C@H](c2ccccc2)[C@H]2C(=O)CC[C@@H]2C)cc1. The smallest absolute Gasteiger partial charge is 0.241 e. The molecular formula is C20H23NO3S. The van der Waals surface area contributed by atoms with Gasteiger partial charge in [0.15, 0.2) is 0 Å². The second-order valence-electron chi connectivity index (χ2n) is 6.83. The summed E-state index contributed by atoms with van der Waals surface area (Å²) in [6, 6.07) is 15.6. The molecule has 0 amide bonds. The summed E-state index contributed by atoms with van der Waals surface area (Å²) in [4.78, 5) is 12.7. The van der Waals surface area contributed by atoms with Gasteiger partial charge < -0.3 is 0 Å². The maximum Gasteiger partial charge on any atom is 0.241 e. The number of rotatable bonds is 5. The van der Waals surface area contributed by atoms with Crippen molar-refractivity contribution in [3.05, 3.63) is 65.7 Å². The topological polar surface area (TPSA) is 63.2 Å². The van der Waals surface area contributed by atoms with Gasteiger partial charge in [0.25, 0.3) is 0 Å². The third-order valence-corrected chi connectivity index (χ3v) is 6.42. The molecule has 0 aromatic heterocycles. The second-order valence-corrected chi connectivity index (χ2v) is 8.54. The molecule has 0 saturated heterocycles. The number of nitrogens with one attached hydrogen (secondary N) is 1. The minimum atomic E-state index is -3.71. The molecule has 0 unspecified atom stereocenters. The van der Waals surface area contributed by atoms with Crippen molar-refractivity contribution in [2.24, 2.45) is 11.8 Å². The number of carbonyl (C=O) groups is 1. The van der Waals surface area contributed by atoms with Gasteiger partial charge in [-0.15, -0.1) is 0 Å². The van der Waals surface area contributed by atoms with Gasteiger partial charge in [-0.2, -0.15) is 0 Å². The number of ketones is 1. The zero-order valence-electron chi connectivity index (χ0n) is 14.5. The molecule has 5 heteroatoms. The average molecular weight is 357 g/mol. The van der Waals surface area contributed by atoms with Gasteiger partial charge in [-0.3, -0.25) is 4.79 Å². The van der Waals surface area contributed by atoms with Crippen molar-refractivity contribution < 1.29 is 13.2 Å². The normalized spacial score (nSPS) is 22.1. The first-order chi connectivity index (χ1) is 11.9. The number of benzene rings is 2. The van der Waals surface area contributed by atoms with Crippen LogP contribution in [0.25, 0.3) is 0 Å². The number of aryl methyl sites for hydroxylation is 1. The van der Waals surface area contributed by atoms with Crippen molar-refractivity contribution in [1.82, 2.24) is 4.72 Å². The summed E-state index contributed by atoms with van der Waals surface area (Å²) >= 11 is 0. The summed E-state index contributed by atoms with van der Waals surface area (Å²) in [5.41, 5.74) is 1.82. The molecule has 1 aliphatic rings. The maximum atomic E-state index is 12.9. The summed E-state index contributed by atoms with van der Waals surface area (Å²) in [7, 11) is -3.71. The Labute approximate surface area is 149 Å². The predicted octanol–water partition coefficient (Wildman–Crippen LogP) is 3.63. The van der Waals surface area contributed by atoms with Crippen molar-refractivity contribution >= 4 is 15.8 Å². The van der Waals surface area contributed by atoms with Crippen LogP contribution in [0.4, 0.5) is 0 Å². The van der Waals surface area contributed by atoms with Gasteiger partial charge in [0, 0.05) is 12.3 Å². The molecule has 25 heavy (non-hydrogen) atoms. The quantitative estimate of drug-likeness (QED) is 0.889. The first kappa shape index (κ1) is 17.8. The summed E-state index contributed by atoms with van der Waals surface area (Å²) < 4.78 is 28.5. The Hall–Kier alpha value is -1.98. The summed E-state index contributed by atoms with van der Waals surface area (Å²) in [5, 5.41) is 0. The third-order valence-electron chi connectivity index (χ3n) is 4.96. The third kappa shape index (κ3) is 3.83. The first-order valence-corrected chi connectivity index (χ1v) is 10.0. The number of Topliss-reactive ketones (excluding diaryl/α,β-unsaturated/α-hetero) is 1. The molecule has 2 aromatic carbocycles. The summed E-state index contributed by atoms with van der Waals surface area (Å²) in [6.45, 7) is 3.93. The van der Waals surface area contributed by atoms with E-state index in [0.29, 0.717) is 6.42 Å². The zero-order valence-corrected chi connectivity index (χ0v) is 15.3. The lowest BCUT2D eigenvalue weighted by Gasteiger charge is -2.27. The van der Waals surface area contributed by atoms with Crippen LogP contribution >= 0.6 is 0 Å². The van der Waals surface area contributed by atoms with E-state index in [1.807, 2.05) is 44.2 Å². The Morgan fingerprint density at radius 2 is 1.68 bits per heavy atom. The Kier molecular flexibility index (Phi) is 5.06. The molecular weight excluding hydrogens is 334 g/mol. The fourth-order valence-electron chi connectivity index (χ4n) is 3.51. The molecule has 1 N–H and O–H groups in total. The highest BCUT2D eigenvalue weighted by molar-refractivity contribution is 7.89. The molecule has 3 atom stereocenters. The molecule has 1 fully saturated rings. The molecule has 0 aliphatic heterocycles. The van der Waals surface area contributed by atoms with Gasteiger partial charge in [0.05, 0.1) is 10.9 Å². The maximum absolute atomic E-state index is 12.9. The van der Waals surface area contributed by atoms with Gasteiger partial charge >= 0.3 is 0 Å². The largest absolute Gasteiger partial charge is 0.299 e. The molecule has 132 valence electrons. The van der Waals surface area contributed by atoms with Crippen LogP contribution in [0, 0.1) is 18.8 Å². The van der Waals surface area contributed by atoms with Crippen LogP contribution in [0.3, 0.4) is 0 Å². The van der Waals surface area contributed by atoms with E-state index in [2.05, 4.69) is 4.72 Å². The highest BCUT2D eigenvalue weighted by atomic mass is 32.2. The van der Waals surface area contributed by atoms with Crippen molar-refractivity contribution in [3.63, 3.8) is 0 Å². The highest BCUT2D eigenvalue weighted by Gasteiger charge is 2.40. The molecule has 0 heterocycles. The van der Waals surface area contributed by atoms with Crippen molar-refractivity contribution in [2.45, 2.75) is 37.6 Å². The average Bonchev–Trinajstić information content (AvgIpc) is 2.93. The van der Waals surface area contributed by atoms with E-state index in [-0.39, 0.29) is 22.5 Å². The highest BCUT2D eigenvalue weighted by Crippen LogP contribution is 2.38. The van der Waals surface area contributed by atoms with Crippen LogP contribution in [-0.4, -0.2) is 14.2 Å². The zero-order chi connectivity index (χ0) is 18.0. The van der Waals surface area contributed by atoms with E-state index < -0.39 is 16.1 Å². The summed E-state index contributed by atoms with van der Waals surface area (Å²) in [6.07, 6.45) is 1.32. The molecule has 0 spiro atoms. The number of hydrogen-bond donors (Lipinski definition) is 1. The van der Waals surface area contributed by atoms with Crippen LogP contribution in [0.1, 0.15) is 36.9 Å². The van der Waals surface area contributed by atoms with Crippen molar-refractivity contribution in [2.75, 3.05) is 0 Å². The van der Waals surface area contributed by atoms with Crippen LogP contribution in [0.15, 0.2) is 59.5 Å². The van der Waals surface area contributed by atoms with E-state index in [4.69, 9.17) is 0 Å². The monoisotopic (exact) mass is 357 g/mol. The molecule has 0 radical (unpaired) electrons. The van der Waals surface area contributed by atoms with Crippen LogP contribution in [0.5, 0.6) is 0 Å². The minimum absolute atomic E-state index is 0.132. The summed E-state index contributed by atoms with van der Waals surface area (Å²) in [5.74, 6) is -0.0472. The Bertz CT molecular complexity index is 844. The number of hydrogen-bond acceptors (Lipinski definition) is 3. The standard InChI is InChI=1S/C20H23NO3S/c1-14-8-11-17(12-9-14)25(23,24)21-20(16-6-4-3-5-7-16)19-15(2)10-13-18(19)22/h3-9,11-12,15,19-21H,10,13H2,1-2H3/t15-,19+,20+/m0/s1. The number of carbonyl (C=O) groups excluding carboxylic acids is 1. The molecule has 4 nitrogen and oxygen atoms in total. The van der Waals surface area contributed by atoms with E-state index in [0.717, 1.165) is 17.5 Å². The van der Waals surface area contributed by atoms with Crippen LogP contribution in [-0.2, 0) is 14.8 Å². The van der Waals surface area contributed by atoms with Crippen molar-refractivity contribution in [3.8, 4) is 0 Å². The molecule has 0 bridgehead atoms. The minimum Gasteiger partial charge on any atom is -0.299 e. The van der Waals surface area contributed by atoms with Crippen LogP contribution in [0.2, 0.25) is 0 Å². The Morgan fingerprint density at radius 3 is 2.24 bits per heavy atom. The Morgan fingerprint density at radius 1 is 1.04 bits per heavy atom. The van der Waals surface area contributed by atoms with Gasteiger partial charge in [0.1, 0.15) is 5.78 Å². The fraction of sp³-hybridized carbons (Fsp3) is 0.350. The lowest BCUT2D eigenvalue weighted by molar-refractivity contribution is -0.121. The molecule has 1 aliphatic carbocycles. The lowest BCUT2D eigenvalue weighted by atomic mass is 9.86. The van der Waals surface area contributed by atoms with E-state index in [1.165, 1.54) is 0 Å². The molecule has 2 aromatic rings. The van der Waals surface area contributed by atoms with Gasteiger partial charge in [-0.25, -0.2) is 13.1 Å². The second kappa shape index (κ2) is 7.10. The van der Waals surface area contributed by atoms with Gasteiger partial charge in [-0.05, 0) is 37.0 Å². The van der Waals surface area contributed by atoms with E-state index in [1.54, 1.807) is 24.3 Å². The van der Waals surface area contributed by atoms with E-state index >= 15 is 0 Å². The van der Waals surface area contributed by atoms with Gasteiger partial charge in [-0.1, -0.05) is 55.0 Å². The van der Waals surface area contributed by atoms with Crippen molar-refractivity contribution in [1.29, 1.82) is 0 Å². The Balaban J connectivity index is 1.98. The van der Waals surface area contributed by atoms with Crippen LogP contribution < -0.4 is 4.72 Å². The predicted molar refractivity (Wildman–Crippen MR) is 97.6 cm³/mol. The first-order valence-electron chi connectivity index (χ1n) is 8.55. The molecule has 1 saturated carbocycles.